The quantitative estimate of drug-likeness (QED) is 0.817. The van der Waals surface area contributed by atoms with Gasteiger partial charge in [-0.2, -0.15) is 5.26 Å². The average Bonchev–Trinajstić information content (AvgIpc) is 2.92. The topological polar surface area (TPSA) is 104 Å². The van der Waals surface area contributed by atoms with Crippen LogP contribution in [-0.4, -0.2) is 30.6 Å². The highest BCUT2D eigenvalue weighted by Gasteiger charge is 2.28. The Kier molecular flexibility index (Phi) is 4.38. The van der Waals surface area contributed by atoms with Gasteiger partial charge in [0.2, 0.25) is 0 Å². The summed E-state index contributed by atoms with van der Waals surface area (Å²) >= 11 is 0. The molecule has 1 aromatic rings. The molecule has 1 aliphatic carbocycles. The van der Waals surface area contributed by atoms with Gasteiger partial charge in [0, 0.05) is 12.2 Å². The van der Waals surface area contributed by atoms with Crippen LogP contribution in [0.2, 0.25) is 0 Å². The first-order chi connectivity index (χ1) is 10.1. The third-order valence-corrected chi connectivity index (χ3v) is 3.29. The lowest BCUT2D eigenvalue weighted by atomic mass is 10.0. The van der Waals surface area contributed by atoms with Gasteiger partial charge in [-0.05, 0) is 31.7 Å². The van der Waals surface area contributed by atoms with Crippen LogP contribution in [0.1, 0.15) is 40.5 Å². The summed E-state index contributed by atoms with van der Waals surface area (Å²) in [6.07, 6.45) is 2.26. The summed E-state index contributed by atoms with van der Waals surface area (Å²) in [6.45, 7) is 2.23. The van der Waals surface area contributed by atoms with Gasteiger partial charge >= 0.3 is 12.0 Å². The summed E-state index contributed by atoms with van der Waals surface area (Å²) in [7, 11) is 1.27. The SMILES string of the molecule is CCNC(=O)Nc1nc2c(c(C(=O)OC)c1C#N)CCC2. The second-order valence-electron chi connectivity index (χ2n) is 4.58. The third kappa shape index (κ3) is 2.79. The molecule has 110 valence electrons. The second-order valence-corrected chi connectivity index (χ2v) is 4.58. The lowest BCUT2D eigenvalue weighted by Crippen LogP contribution is -2.29. The molecular formula is C14H16N4O3. The molecule has 0 atom stereocenters. The van der Waals surface area contributed by atoms with Gasteiger partial charge in [0.05, 0.1) is 12.7 Å². The highest BCUT2D eigenvalue weighted by Crippen LogP contribution is 2.30. The first-order valence-corrected chi connectivity index (χ1v) is 6.71. The van der Waals surface area contributed by atoms with E-state index >= 15 is 0 Å². The Bertz CT molecular complexity index is 634. The summed E-state index contributed by atoms with van der Waals surface area (Å²) < 4.78 is 4.77. The van der Waals surface area contributed by atoms with Crippen molar-refractivity contribution in [2.75, 3.05) is 19.0 Å². The van der Waals surface area contributed by atoms with E-state index in [0.717, 1.165) is 24.1 Å². The number of nitrogens with one attached hydrogen (secondary N) is 2. The Morgan fingerprint density at radius 2 is 2.19 bits per heavy atom. The Balaban J connectivity index is 2.54. The summed E-state index contributed by atoms with van der Waals surface area (Å²) in [4.78, 5) is 28.0. The summed E-state index contributed by atoms with van der Waals surface area (Å²) in [5, 5.41) is 14.4. The zero-order chi connectivity index (χ0) is 15.4. The van der Waals surface area contributed by atoms with E-state index in [2.05, 4.69) is 15.6 Å². The predicted molar refractivity (Wildman–Crippen MR) is 75.0 cm³/mol. The van der Waals surface area contributed by atoms with Crippen LogP contribution >= 0.6 is 0 Å². The molecule has 1 aromatic heterocycles. The number of aromatic nitrogens is 1. The molecule has 0 radical (unpaired) electrons. The molecule has 0 saturated heterocycles. The number of anilines is 1. The molecule has 0 fully saturated rings. The molecule has 0 aromatic carbocycles. The Labute approximate surface area is 122 Å². The zero-order valence-electron chi connectivity index (χ0n) is 11.9. The first-order valence-electron chi connectivity index (χ1n) is 6.71. The van der Waals surface area contributed by atoms with Gasteiger partial charge in [-0.1, -0.05) is 0 Å². The zero-order valence-corrected chi connectivity index (χ0v) is 11.9. The lowest BCUT2D eigenvalue weighted by molar-refractivity contribution is 0.0599. The highest BCUT2D eigenvalue weighted by molar-refractivity contribution is 5.98. The monoisotopic (exact) mass is 288 g/mol. The highest BCUT2D eigenvalue weighted by atomic mass is 16.5. The van der Waals surface area contributed by atoms with Crippen LogP contribution in [0.3, 0.4) is 0 Å². The maximum atomic E-state index is 12.0. The van der Waals surface area contributed by atoms with Gasteiger partial charge in [-0.25, -0.2) is 14.6 Å². The Morgan fingerprint density at radius 3 is 2.81 bits per heavy atom. The molecule has 0 saturated carbocycles. The number of rotatable bonds is 3. The maximum absolute atomic E-state index is 12.0. The first kappa shape index (κ1) is 14.8. The smallest absolute Gasteiger partial charge is 0.339 e. The molecule has 1 heterocycles. The molecule has 0 spiro atoms. The number of hydrogen-bond donors (Lipinski definition) is 2. The molecule has 7 nitrogen and oxygen atoms in total. The largest absolute Gasteiger partial charge is 0.465 e. The molecule has 2 rings (SSSR count). The number of nitrogens with zero attached hydrogens (tertiary/aromatic N) is 2. The van der Waals surface area contributed by atoms with Crippen molar-refractivity contribution >= 4 is 17.8 Å². The Hall–Kier alpha value is -2.62. The summed E-state index contributed by atoms with van der Waals surface area (Å²) in [6, 6.07) is 1.49. The standard InChI is InChI=1S/C14H16N4O3/c1-3-16-14(20)18-12-9(7-15)11(13(19)21-2)8-5-4-6-10(8)17-12/h3-6H2,1-2H3,(H2,16,17,18,20). The van der Waals surface area contributed by atoms with Crippen LogP contribution in [0.5, 0.6) is 0 Å². The van der Waals surface area contributed by atoms with Crippen LogP contribution in [0, 0.1) is 11.3 Å². The number of pyridine rings is 1. The number of esters is 1. The molecule has 7 heteroatoms. The lowest BCUT2D eigenvalue weighted by Gasteiger charge is -2.13. The van der Waals surface area contributed by atoms with Crippen molar-refractivity contribution in [1.82, 2.24) is 10.3 Å². The minimum atomic E-state index is -0.578. The van der Waals surface area contributed by atoms with Crippen molar-refractivity contribution in [3.63, 3.8) is 0 Å². The number of fused-ring (bicyclic) bond motifs is 1. The number of nitriles is 1. The van der Waals surface area contributed by atoms with Crippen LogP contribution in [-0.2, 0) is 17.6 Å². The predicted octanol–water partition coefficient (Wildman–Crippen LogP) is 1.37. The number of aryl methyl sites for hydroxylation is 1. The number of ether oxygens (including phenoxy) is 1. The van der Waals surface area contributed by atoms with Gasteiger partial charge in [0.15, 0.2) is 5.82 Å². The molecular weight excluding hydrogens is 272 g/mol. The number of carbonyl (C=O) groups excluding carboxylic acids is 2. The second kappa shape index (κ2) is 6.22. The number of carbonyl (C=O) groups is 2. The molecule has 2 N–H and O–H groups in total. The fraction of sp³-hybridized carbons (Fsp3) is 0.429. The molecule has 0 aliphatic heterocycles. The van der Waals surface area contributed by atoms with E-state index in [1.54, 1.807) is 6.92 Å². The van der Waals surface area contributed by atoms with E-state index < -0.39 is 12.0 Å². The van der Waals surface area contributed by atoms with Gasteiger partial charge < -0.3 is 10.1 Å². The van der Waals surface area contributed by atoms with Crippen LogP contribution in [0.15, 0.2) is 0 Å². The summed E-state index contributed by atoms with van der Waals surface area (Å²) in [5.41, 5.74) is 1.75. The van der Waals surface area contributed by atoms with Crippen molar-refractivity contribution in [1.29, 1.82) is 5.26 Å². The molecule has 21 heavy (non-hydrogen) atoms. The third-order valence-electron chi connectivity index (χ3n) is 3.29. The van der Waals surface area contributed by atoms with Crippen molar-refractivity contribution in [2.45, 2.75) is 26.2 Å². The number of urea groups is 1. The van der Waals surface area contributed by atoms with Crippen molar-refractivity contribution in [3.05, 3.63) is 22.4 Å². The van der Waals surface area contributed by atoms with Gasteiger partial charge in [-0.3, -0.25) is 5.32 Å². The molecule has 0 bridgehead atoms. The molecule has 1 aliphatic rings. The van der Waals surface area contributed by atoms with Crippen LogP contribution in [0.4, 0.5) is 10.6 Å². The molecule has 0 unspecified atom stereocenters. The minimum absolute atomic E-state index is 0.0498. The van der Waals surface area contributed by atoms with Gasteiger partial charge in [0.1, 0.15) is 11.6 Å². The van der Waals surface area contributed by atoms with E-state index in [-0.39, 0.29) is 16.9 Å². The van der Waals surface area contributed by atoms with Gasteiger partial charge in [-0.15, -0.1) is 0 Å². The number of hydrogen-bond acceptors (Lipinski definition) is 5. The molecule has 2 amide bonds. The van der Waals surface area contributed by atoms with E-state index in [1.165, 1.54) is 7.11 Å². The van der Waals surface area contributed by atoms with E-state index in [4.69, 9.17) is 4.74 Å². The van der Waals surface area contributed by atoms with E-state index in [9.17, 15) is 14.9 Å². The Morgan fingerprint density at radius 1 is 1.43 bits per heavy atom. The van der Waals surface area contributed by atoms with Crippen molar-refractivity contribution < 1.29 is 14.3 Å². The van der Waals surface area contributed by atoms with Gasteiger partial charge in [0.25, 0.3) is 0 Å². The fourth-order valence-corrected chi connectivity index (χ4v) is 2.42. The summed E-state index contributed by atoms with van der Waals surface area (Å²) in [5.74, 6) is -0.476. The van der Waals surface area contributed by atoms with Crippen molar-refractivity contribution in [2.24, 2.45) is 0 Å². The average molecular weight is 288 g/mol. The number of methoxy groups -OCH3 is 1. The van der Waals surface area contributed by atoms with E-state index in [0.29, 0.717) is 13.0 Å². The van der Waals surface area contributed by atoms with Crippen LogP contribution < -0.4 is 10.6 Å². The van der Waals surface area contributed by atoms with Crippen molar-refractivity contribution in [3.8, 4) is 6.07 Å². The van der Waals surface area contributed by atoms with E-state index in [1.807, 2.05) is 6.07 Å². The number of amides is 2. The fourth-order valence-electron chi connectivity index (χ4n) is 2.42. The van der Waals surface area contributed by atoms with Crippen LogP contribution in [0.25, 0.3) is 0 Å². The minimum Gasteiger partial charge on any atom is -0.465 e. The maximum Gasteiger partial charge on any atom is 0.339 e. The normalized spacial score (nSPS) is 12.2.